The number of nitrogens with one attached hydrogen (secondary N) is 1. The number of ether oxygens (including phenoxy) is 1. The zero-order valence-electron chi connectivity index (χ0n) is 19.7. The van der Waals surface area contributed by atoms with Crippen LogP contribution in [0.3, 0.4) is 0 Å². The monoisotopic (exact) mass is 531 g/mol. The van der Waals surface area contributed by atoms with Gasteiger partial charge in [-0.25, -0.2) is 9.59 Å². The maximum Gasteiger partial charge on any atom is 0.407 e. The van der Waals surface area contributed by atoms with Gasteiger partial charge in [-0.15, -0.1) is 0 Å². The van der Waals surface area contributed by atoms with E-state index in [9.17, 15) is 14.7 Å². The van der Waals surface area contributed by atoms with E-state index in [1.54, 1.807) is 18.2 Å². The van der Waals surface area contributed by atoms with Crippen molar-refractivity contribution >= 4 is 35.3 Å². The maximum absolute atomic E-state index is 12.6. The lowest BCUT2D eigenvalue weighted by Crippen LogP contribution is -2.42. The highest BCUT2D eigenvalue weighted by atomic mass is 35.5. The predicted octanol–water partition coefficient (Wildman–Crippen LogP) is 7.19. The summed E-state index contributed by atoms with van der Waals surface area (Å²) in [6.07, 6.45) is -0.657. The molecule has 0 saturated heterocycles. The number of amides is 1. The second kappa shape index (κ2) is 10.7. The first kappa shape index (κ1) is 24.9. The zero-order valence-corrected chi connectivity index (χ0v) is 21.2. The molecule has 186 valence electrons. The summed E-state index contributed by atoms with van der Waals surface area (Å²) < 4.78 is 5.52. The average molecular weight is 532 g/mol. The van der Waals surface area contributed by atoms with Crippen LogP contribution in [0.15, 0.2) is 91.0 Å². The average Bonchev–Trinajstić information content (AvgIpc) is 3.20. The van der Waals surface area contributed by atoms with Crippen LogP contribution in [0.2, 0.25) is 10.0 Å². The molecule has 0 radical (unpaired) electrons. The molecule has 4 aromatic carbocycles. The van der Waals surface area contributed by atoms with Crippen LogP contribution in [-0.4, -0.2) is 29.8 Å². The maximum atomic E-state index is 12.6. The number of carbonyl (C=O) groups is 2. The van der Waals surface area contributed by atoms with Gasteiger partial charge >= 0.3 is 12.1 Å². The molecule has 5 rings (SSSR count). The van der Waals surface area contributed by atoms with Gasteiger partial charge in [0.2, 0.25) is 0 Å². The molecule has 0 saturated carbocycles. The number of hydrogen-bond acceptors (Lipinski definition) is 3. The number of aliphatic carboxylic acids is 1. The number of carboxylic acid groups (broad SMARTS) is 1. The zero-order chi connectivity index (χ0) is 25.9. The number of halogens is 2. The van der Waals surface area contributed by atoms with Crippen molar-refractivity contribution in [3.8, 4) is 22.3 Å². The Morgan fingerprint density at radius 2 is 1.38 bits per heavy atom. The van der Waals surface area contributed by atoms with Gasteiger partial charge in [-0.2, -0.15) is 0 Å². The number of benzene rings is 4. The first-order valence-corrected chi connectivity index (χ1v) is 12.5. The van der Waals surface area contributed by atoms with E-state index in [4.69, 9.17) is 27.9 Å². The molecule has 0 aromatic heterocycles. The van der Waals surface area contributed by atoms with Crippen LogP contribution in [-0.2, 0) is 16.0 Å². The third-order valence-electron chi connectivity index (χ3n) is 6.52. The first-order chi connectivity index (χ1) is 17.9. The third-order valence-corrected chi connectivity index (χ3v) is 6.96. The number of hydrogen-bond donors (Lipinski definition) is 2. The van der Waals surface area contributed by atoms with E-state index in [0.29, 0.717) is 10.0 Å². The summed E-state index contributed by atoms with van der Waals surface area (Å²) in [6.45, 7) is 0.114. The number of fused-ring (bicyclic) bond motifs is 3. The molecule has 0 heterocycles. The SMILES string of the molecule is O=C(N[C@@H](Cc1ccc(-c2cc(Cl)cc(Cl)c2)cc1)C(=O)O)OCC1c2ccccc2-c2ccccc21. The summed E-state index contributed by atoms with van der Waals surface area (Å²) >= 11 is 12.2. The minimum atomic E-state index is -1.14. The molecule has 0 bridgehead atoms. The van der Waals surface area contributed by atoms with E-state index in [2.05, 4.69) is 17.4 Å². The van der Waals surface area contributed by atoms with Crippen LogP contribution < -0.4 is 5.32 Å². The first-order valence-electron chi connectivity index (χ1n) is 11.8. The summed E-state index contributed by atoms with van der Waals surface area (Å²) in [5.41, 5.74) is 6.93. The quantitative estimate of drug-likeness (QED) is 0.264. The van der Waals surface area contributed by atoms with Gasteiger partial charge in [0.1, 0.15) is 12.6 Å². The Hall–Kier alpha value is -3.80. The van der Waals surface area contributed by atoms with Gasteiger partial charge in [0.15, 0.2) is 0 Å². The van der Waals surface area contributed by atoms with E-state index in [-0.39, 0.29) is 18.9 Å². The molecule has 0 unspecified atom stereocenters. The molecule has 2 N–H and O–H groups in total. The molecular weight excluding hydrogens is 509 g/mol. The van der Waals surface area contributed by atoms with Crippen LogP contribution in [0.1, 0.15) is 22.6 Å². The fourth-order valence-corrected chi connectivity index (χ4v) is 5.30. The van der Waals surface area contributed by atoms with Crippen molar-refractivity contribution < 1.29 is 19.4 Å². The molecule has 7 heteroatoms. The summed E-state index contributed by atoms with van der Waals surface area (Å²) in [5, 5.41) is 13.3. The summed E-state index contributed by atoms with van der Waals surface area (Å²) in [7, 11) is 0. The van der Waals surface area contributed by atoms with Gasteiger partial charge in [-0.3, -0.25) is 0 Å². The Morgan fingerprint density at radius 3 is 1.95 bits per heavy atom. The Morgan fingerprint density at radius 1 is 0.811 bits per heavy atom. The molecule has 37 heavy (non-hydrogen) atoms. The number of carbonyl (C=O) groups excluding carboxylic acids is 1. The van der Waals surface area contributed by atoms with Gasteiger partial charge in [0.05, 0.1) is 0 Å². The van der Waals surface area contributed by atoms with Crippen molar-refractivity contribution in [2.45, 2.75) is 18.4 Å². The standard InChI is InChI=1S/C30H23Cl2NO4/c31-21-14-20(15-22(32)16-21)19-11-9-18(10-12-19)13-28(29(34)35)33-30(36)37-17-27-25-7-3-1-5-23(25)24-6-2-4-8-26(24)27/h1-12,14-16,27-28H,13,17H2,(H,33,36)(H,34,35)/t28-/m0/s1. The molecule has 0 fully saturated rings. The Bertz CT molecular complexity index is 1400. The van der Waals surface area contributed by atoms with Crippen molar-refractivity contribution in [2.75, 3.05) is 6.61 Å². The van der Waals surface area contributed by atoms with Crippen molar-refractivity contribution in [2.24, 2.45) is 0 Å². The highest BCUT2D eigenvalue weighted by Gasteiger charge is 2.29. The van der Waals surface area contributed by atoms with Gasteiger partial charge < -0.3 is 15.2 Å². The van der Waals surface area contributed by atoms with Crippen molar-refractivity contribution in [1.29, 1.82) is 0 Å². The largest absolute Gasteiger partial charge is 0.480 e. The molecular formula is C30H23Cl2NO4. The minimum absolute atomic E-state index is 0.103. The lowest BCUT2D eigenvalue weighted by Gasteiger charge is -2.17. The lowest BCUT2D eigenvalue weighted by molar-refractivity contribution is -0.139. The van der Waals surface area contributed by atoms with Crippen LogP contribution in [0.5, 0.6) is 0 Å². The van der Waals surface area contributed by atoms with Crippen LogP contribution in [0, 0.1) is 0 Å². The van der Waals surface area contributed by atoms with E-state index >= 15 is 0 Å². The van der Waals surface area contributed by atoms with Gasteiger partial charge in [-0.05, 0) is 57.1 Å². The summed E-state index contributed by atoms with van der Waals surface area (Å²) in [5.74, 6) is -1.24. The van der Waals surface area contributed by atoms with E-state index < -0.39 is 18.1 Å². The normalized spacial score (nSPS) is 12.9. The molecule has 1 aliphatic rings. The van der Waals surface area contributed by atoms with Gasteiger partial charge in [-0.1, -0.05) is 96.0 Å². The lowest BCUT2D eigenvalue weighted by atomic mass is 9.98. The molecule has 1 aliphatic carbocycles. The van der Waals surface area contributed by atoms with Crippen molar-refractivity contribution in [1.82, 2.24) is 5.32 Å². The summed E-state index contributed by atoms with van der Waals surface area (Å²) in [4.78, 5) is 24.5. The second-order valence-corrected chi connectivity index (χ2v) is 9.79. The van der Waals surface area contributed by atoms with E-state index in [1.165, 1.54) is 0 Å². The summed E-state index contributed by atoms with van der Waals surface area (Å²) in [6, 6.07) is 27.6. The molecule has 1 atom stereocenters. The van der Waals surface area contributed by atoms with Gasteiger partial charge in [0.25, 0.3) is 0 Å². The highest BCUT2D eigenvalue weighted by Crippen LogP contribution is 2.44. The Balaban J connectivity index is 1.23. The molecule has 5 nitrogen and oxygen atoms in total. The number of alkyl carbamates (subject to hydrolysis) is 1. The topological polar surface area (TPSA) is 75.6 Å². The van der Waals surface area contributed by atoms with Crippen LogP contribution in [0.4, 0.5) is 4.79 Å². The highest BCUT2D eigenvalue weighted by molar-refractivity contribution is 6.35. The number of rotatable bonds is 7. The van der Waals surface area contributed by atoms with Crippen molar-refractivity contribution in [3.63, 3.8) is 0 Å². The van der Waals surface area contributed by atoms with E-state index in [1.807, 2.05) is 60.7 Å². The second-order valence-electron chi connectivity index (χ2n) is 8.92. The fraction of sp³-hybridized carbons (Fsp3) is 0.133. The van der Waals surface area contributed by atoms with Crippen LogP contribution in [0.25, 0.3) is 22.3 Å². The fourth-order valence-electron chi connectivity index (χ4n) is 4.77. The van der Waals surface area contributed by atoms with Crippen LogP contribution >= 0.6 is 23.2 Å². The minimum Gasteiger partial charge on any atom is -0.480 e. The predicted molar refractivity (Wildman–Crippen MR) is 145 cm³/mol. The molecule has 0 aliphatic heterocycles. The Labute approximate surface area is 224 Å². The molecule has 0 spiro atoms. The molecule has 1 amide bonds. The van der Waals surface area contributed by atoms with Crippen molar-refractivity contribution in [3.05, 3.63) is 118 Å². The van der Waals surface area contributed by atoms with E-state index in [0.717, 1.165) is 38.9 Å². The number of carboxylic acids is 1. The van der Waals surface area contributed by atoms with Gasteiger partial charge in [0, 0.05) is 22.4 Å². The molecule has 4 aromatic rings. The smallest absolute Gasteiger partial charge is 0.407 e. The third kappa shape index (κ3) is 5.48. The Kier molecular flexibility index (Phi) is 7.17.